The van der Waals surface area contributed by atoms with Crippen LogP contribution < -0.4 is 5.32 Å². The number of carbonyl (C=O) groups excluding carboxylic acids is 2. The molecule has 0 aromatic rings. The number of aliphatic hydroxyl groups excluding tert-OH is 2. The van der Waals surface area contributed by atoms with E-state index in [0.29, 0.717) is 19.4 Å². The van der Waals surface area contributed by atoms with Crippen molar-refractivity contribution in [2.75, 3.05) is 13.2 Å². The highest BCUT2D eigenvalue weighted by Gasteiger charge is 2.18. The molecule has 0 fully saturated rings. The second kappa shape index (κ2) is 55.2. The van der Waals surface area contributed by atoms with Crippen LogP contribution in [-0.4, -0.2) is 47.4 Å². The Bertz CT molecular complexity index is 970. The number of esters is 1. The molecule has 0 radical (unpaired) electrons. The average Bonchev–Trinajstić information content (AvgIpc) is 3.31. The van der Waals surface area contributed by atoms with E-state index in [9.17, 15) is 19.8 Å². The third kappa shape index (κ3) is 51.8. The number of ether oxygens (including phenoxy) is 1. The minimum Gasteiger partial charge on any atom is -0.466 e. The standard InChI is InChI=1S/C59H115NO5/c1-3-5-7-9-11-13-15-17-19-20-21-24-27-31-35-39-43-47-51-57(62)56(55-61)60-58(63)52-48-44-40-36-32-28-25-22-23-26-30-34-38-42-46-50-54-65-59(64)53-49-45-41-37-33-29-18-16-14-12-10-8-6-4-2/h47,51,56-57,61-62H,3-46,48-50,52-55H2,1-2H3,(H,60,63)/b51-47+. The number of hydrogen-bond acceptors (Lipinski definition) is 5. The van der Waals surface area contributed by atoms with Gasteiger partial charge in [0.1, 0.15) is 0 Å². The Morgan fingerprint density at radius 2 is 0.708 bits per heavy atom. The van der Waals surface area contributed by atoms with Crippen LogP contribution in [0.4, 0.5) is 0 Å². The maximum absolute atomic E-state index is 12.5. The van der Waals surface area contributed by atoms with E-state index < -0.39 is 12.1 Å². The van der Waals surface area contributed by atoms with Crippen molar-refractivity contribution in [3.8, 4) is 0 Å². The Balaban J connectivity index is 3.44. The number of hydrogen-bond donors (Lipinski definition) is 3. The molecule has 2 atom stereocenters. The number of aliphatic hydroxyl groups is 2. The molecule has 1 amide bonds. The van der Waals surface area contributed by atoms with Gasteiger partial charge in [0.05, 0.1) is 25.4 Å². The predicted octanol–water partition coefficient (Wildman–Crippen LogP) is 18.1. The maximum Gasteiger partial charge on any atom is 0.305 e. The van der Waals surface area contributed by atoms with Crippen molar-refractivity contribution in [2.45, 2.75) is 341 Å². The van der Waals surface area contributed by atoms with Gasteiger partial charge in [-0.1, -0.05) is 296 Å². The number of allylic oxidation sites excluding steroid dienone is 1. The van der Waals surface area contributed by atoms with Gasteiger partial charge < -0.3 is 20.3 Å². The van der Waals surface area contributed by atoms with Crippen molar-refractivity contribution in [3.05, 3.63) is 12.2 Å². The van der Waals surface area contributed by atoms with Gasteiger partial charge in [0.15, 0.2) is 0 Å². The van der Waals surface area contributed by atoms with Crippen LogP contribution in [-0.2, 0) is 14.3 Å². The highest BCUT2D eigenvalue weighted by molar-refractivity contribution is 5.76. The third-order valence-electron chi connectivity index (χ3n) is 13.8. The van der Waals surface area contributed by atoms with Crippen molar-refractivity contribution in [2.24, 2.45) is 0 Å². The van der Waals surface area contributed by atoms with Crippen molar-refractivity contribution in [3.63, 3.8) is 0 Å². The lowest BCUT2D eigenvalue weighted by Gasteiger charge is -2.20. The lowest BCUT2D eigenvalue weighted by atomic mass is 10.0. The number of rotatable bonds is 55. The van der Waals surface area contributed by atoms with Gasteiger partial charge in [-0.05, 0) is 32.1 Å². The van der Waals surface area contributed by atoms with Gasteiger partial charge in [-0.2, -0.15) is 0 Å². The SMILES string of the molecule is CCCCCCCCCCCCCCCCCC/C=C/C(O)C(CO)NC(=O)CCCCCCCCCCCCCCCCCCOC(=O)CCCCCCCCCCCCCCCC. The summed E-state index contributed by atoms with van der Waals surface area (Å²) in [6.07, 6.45) is 65.1. The summed E-state index contributed by atoms with van der Waals surface area (Å²) >= 11 is 0. The summed E-state index contributed by atoms with van der Waals surface area (Å²) in [7, 11) is 0. The molecule has 0 heterocycles. The summed E-state index contributed by atoms with van der Waals surface area (Å²) in [6, 6.07) is -0.632. The van der Waals surface area contributed by atoms with Gasteiger partial charge in [-0.25, -0.2) is 0 Å². The van der Waals surface area contributed by atoms with E-state index in [2.05, 4.69) is 19.2 Å². The molecule has 6 heteroatoms. The second-order valence-corrected chi connectivity index (χ2v) is 20.3. The van der Waals surface area contributed by atoms with E-state index >= 15 is 0 Å². The molecule has 0 saturated heterocycles. The largest absolute Gasteiger partial charge is 0.466 e. The van der Waals surface area contributed by atoms with Gasteiger partial charge in [0, 0.05) is 12.8 Å². The molecule has 0 aromatic heterocycles. The summed E-state index contributed by atoms with van der Waals surface area (Å²) in [4.78, 5) is 24.5. The fraction of sp³-hybridized carbons (Fsp3) is 0.932. The summed E-state index contributed by atoms with van der Waals surface area (Å²) < 4.78 is 5.48. The van der Waals surface area contributed by atoms with E-state index in [4.69, 9.17) is 4.74 Å². The molecule has 6 nitrogen and oxygen atoms in total. The van der Waals surface area contributed by atoms with Gasteiger partial charge >= 0.3 is 5.97 Å². The van der Waals surface area contributed by atoms with Crippen LogP contribution in [0.2, 0.25) is 0 Å². The van der Waals surface area contributed by atoms with Crippen LogP contribution in [0.5, 0.6) is 0 Å². The third-order valence-corrected chi connectivity index (χ3v) is 13.8. The highest BCUT2D eigenvalue weighted by Crippen LogP contribution is 2.17. The minimum atomic E-state index is -0.848. The van der Waals surface area contributed by atoms with E-state index in [1.807, 2.05) is 6.08 Å². The van der Waals surface area contributed by atoms with Crippen LogP contribution in [0.15, 0.2) is 12.2 Å². The smallest absolute Gasteiger partial charge is 0.305 e. The molecule has 0 saturated carbocycles. The van der Waals surface area contributed by atoms with E-state index in [0.717, 1.165) is 44.9 Å². The zero-order chi connectivity index (χ0) is 47.2. The Morgan fingerprint density at radius 1 is 0.415 bits per heavy atom. The maximum atomic E-state index is 12.5. The molecule has 65 heavy (non-hydrogen) atoms. The van der Waals surface area contributed by atoms with Crippen molar-refractivity contribution in [1.29, 1.82) is 0 Å². The number of amides is 1. The normalized spacial score (nSPS) is 12.6. The molecule has 3 N–H and O–H groups in total. The first-order valence-corrected chi connectivity index (χ1v) is 29.5. The van der Waals surface area contributed by atoms with Crippen LogP contribution in [0.3, 0.4) is 0 Å². The molecule has 0 aliphatic carbocycles. The summed E-state index contributed by atoms with van der Waals surface area (Å²) in [5.41, 5.74) is 0. The molecule has 0 aliphatic heterocycles. The zero-order valence-corrected chi connectivity index (χ0v) is 44.0. The first-order chi connectivity index (χ1) is 32.0. The Kier molecular flexibility index (Phi) is 54.0. The lowest BCUT2D eigenvalue weighted by molar-refractivity contribution is -0.143. The summed E-state index contributed by atoms with van der Waals surface area (Å²) in [5.74, 6) is -0.0667. The molecule has 386 valence electrons. The van der Waals surface area contributed by atoms with Gasteiger partial charge in [0.2, 0.25) is 5.91 Å². The van der Waals surface area contributed by atoms with Crippen LogP contribution in [0.1, 0.15) is 328 Å². The fourth-order valence-electron chi connectivity index (χ4n) is 9.28. The topological polar surface area (TPSA) is 95.9 Å². The van der Waals surface area contributed by atoms with Crippen LogP contribution >= 0.6 is 0 Å². The highest BCUT2D eigenvalue weighted by atomic mass is 16.5. The molecule has 2 unspecified atom stereocenters. The Hall–Kier alpha value is -1.40. The van der Waals surface area contributed by atoms with Crippen molar-refractivity contribution >= 4 is 11.9 Å². The van der Waals surface area contributed by atoms with E-state index in [1.165, 1.54) is 257 Å². The van der Waals surface area contributed by atoms with E-state index in [1.54, 1.807) is 6.08 Å². The van der Waals surface area contributed by atoms with Crippen LogP contribution in [0.25, 0.3) is 0 Å². The molecule has 0 rings (SSSR count). The van der Waals surface area contributed by atoms with Gasteiger partial charge in [-0.15, -0.1) is 0 Å². The van der Waals surface area contributed by atoms with Gasteiger partial charge in [-0.3, -0.25) is 9.59 Å². The average molecular weight is 919 g/mol. The fourth-order valence-corrected chi connectivity index (χ4v) is 9.28. The second-order valence-electron chi connectivity index (χ2n) is 20.3. The van der Waals surface area contributed by atoms with E-state index in [-0.39, 0.29) is 18.5 Å². The lowest BCUT2D eigenvalue weighted by Crippen LogP contribution is -2.45. The molecule has 0 bridgehead atoms. The molecule has 0 aromatic carbocycles. The van der Waals surface area contributed by atoms with Gasteiger partial charge in [0.25, 0.3) is 0 Å². The molecular formula is C59H115NO5. The first kappa shape index (κ1) is 63.6. The molecular weight excluding hydrogens is 803 g/mol. The number of nitrogens with one attached hydrogen (secondary N) is 1. The number of carbonyl (C=O) groups is 2. The predicted molar refractivity (Wildman–Crippen MR) is 283 cm³/mol. The molecule has 0 spiro atoms. The minimum absolute atomic E-state index is 0.00508. The Morgan fingerprint density at radius 3 is 1.05 bits per heavy atom. The first-order valence-electron chi connectivity index (χ1n) is 29.5. The summed E-state index contributed by atoms with van der Waals surface area (Å²) in [6.45, 7) is 4.92. The Labute approximate surface area is 406 Å². The monoisotopic (exact) mass is 918 g/mol. The van der Waals surface area contributed by atoms with Crippen LogP contribution in [0, 0.1) is 0 Å². The van der Waals surface area contributed by atoms with Crippen molar-refractivity contribution in [1.82, 2.24) is 5.32 Å². The zero-order valence-electron chi connectivity index (χ0n) is 44.0. The quantitative estimate of drug-likeness (QED) is 0.0321. The summed E-state index contributed by atoms with van der Waals surface area (Å²) in [5, 5.41) is 23.1. The number of unbranched alkanes of at least 4 members (excludes halogenated alkanes) is 44. The molecule has 0 aliphatic rings. The van der Waals surface area contributed by atoms with Crippen molar-refractivity contribution < 1.29 is 24.5 Å².